The van der Waals surface area contributed by atoms with Crippen molar-refractivity contribution in [2.45, 2.75) is 25.9 Å². The van der Waals surface area contributed by atoms with Gasteiger partial charge in [-0.25, -0.2) is 4.68 Å². The molecule has 0 saturated carbocycles. The lowest BCUT2D eigenvalue weighted by molar-refractivity contribution is -0.131. The molecule has 0 aliphatic heterocycles. The summed E-state index contributed by atoms with van der Waals surface area (Å²) < 4.78 is 1.54. The topological polar surface area (TPSA) is 71.2 Å². The highest BCUT2D eigenvalue weighted by molar-refractivity contribution is 7.09. The third-order valence-electron chi connectivity index (χ3n) is 2.87. The molecule has 0 fully saturated rings. The van der Waals surface area contributed by atoms with Crippen LogP contribution in [0.2, 0.25) is 0 Å². The first-order valence-electron chi connectivity index (χ1n) is 6.45. The Bertz CT molecular complexity index is 538. The lowest BCUT2D eigenvalue weighted by atomic mass is 10.3. The molecule has 2 aromatic heterocycles. The molecule has 2 aromatic rings. The zero-order chi connectivity index (χ0) is 14.4. The van der Waals surface area contributed by atoms with Gasteiger partial charge in [0.25, 0.3) is 0 Å². The maximum Gasteiger partial charge on any atom is 0.244 e. The van der Waals surface area contributed by atoms with Gasteiger partial charge in [-0.05, 0) is 24.3 Å². The lowest BCUT2D eigenvalue weighted by Gasteiger charge is -2.15. The molecule has 20 heavy (non-hydrogen) atoms. The molecule has 6 nitrogen and oxygen atoms in total. The van der Waals surface area contributed by atoms with Gasteiger partial charge in [-0.3, -0.25) is 4.79 Å². The zero-order valence-corrected chi connectivity index (χ0v) is 12.2. The van der Waals surface area contributed by atoms with Crippen molar-refractivity contribution < 1.29 is 9.90 Å². The van der Waals surface area contributed by atoms with Crippen LogP contribution in [0, 0.1) is 0 Å². The number of carbonyl (C=O) groups is 1. The quantitative estimate of drug-likeness (QED) is 0.824. The van der Waals surface area contributed by atoms with Crippen LogP contribution in [0.15, 0.2) is 23.7 Å². The smallest absolute Gasteiger partial charge is 0.244 e. The van der Waals surface area contributed by atoms with Crippen LogP contribution in [0.1, 0.15) is 17.0 Å². The molecule has 7 heteroatoms. The van der Waals surface area contributed by atoms with E-state index in [9.17, 15) is 4.79 Å². The van der Waals surface area contributed by atoms with Crippen LogP contribution in [0.5, 0.6) is 0 Å². The number of hydrogen-bond acceptors (Lipinski definition) is 5. The van der Waals surface area contributed by atoms with Crippen LogP contribution < -0.4 is 0 Å². The van der Waals surface area contributed by atoms with Crippen LogP contribution in [-0.2, 0) is 24.3 Å². The van der Waals surface area contributed by atoms with Crippen LogP contribution in [0.25, 0.3) is 0 Å². The molecule has 2 rings (SSSR count). The second-order valence-electron chi connectivity index (χ2n) is 4.56. The predicted molar refractivity (Wildman–Crippen MR) is 76.2 cm³/mol. The Hall–Kier alpha value is -1.73. The van der Waals surface area contributed by atoms with Gasteiger partial charge in [-0.15, -0.1) is 16.4 Å². The van der Waals surface area contributed by atoms with E-state index < -0.39 is 0 Å². The first-order valence-corrected chi connectivity index (χ1v) is 7.33. The number of likely N-dealkylation sites (N-methyl/N-ethyl adjacent to an activating group) is 1. The first-order chi connectivity index (χ1) is 9.69. The molecule has 108 valence electrons. The molecule has 0 bridgehead atoms. The van der Waals surface area contributed by atoms with E-state index in [0.717, 1.165) is 10.6 Å². The molecule has 0 aliphatic rings. The summed E-state index contributed by atoms with van der Waals surface area (Å²) in [5.74, 6) is -0.00277. The third kappa shape index (κ3) is 4.14. The number of hydrogen-bond donors (Lipinski definition) is 1. The highest BCUT2D eigenvalue weighted by atomic mass is 32.1. The van der Waals surface area contributed by atoms with Crippen LogP contribution in [0.3, 0.4) is 0 Å². The minimum atomic E-state index is -0.00277. The van der Waals surface area contributed by atoms with Crippen LogP contribution >= 0.6 is 11.3 Å². The molecule has 2 heterocycles. The number of rotatable bonds is 7. The average molecular weight is 294 g/mol. The fourth-order valence-electron chi connectivity index (χ4n) is 1.77. The fraction of sp³-hybridized carbons (Fsp3) is 0.462. The average Bonchev–Trinajstić information content (AvgIpc) is 3.08. The second kappa shape index (κ2) is 7.16. The molecular weight excluding hydrogens is 276 g/mol. The molecule has 1 N–H and O–H groups in total. The number of aromatic nitrogens is 3. The monoisotopic (exact) mass is 294 g/mol. The Labute approximate surface area is 121 Å². The molecule has 1 amide bonds. The molecule has 0 radical (unpaired) electrons. The van der Waals surface area contributed by atoms with E-state index in [1.54, 1.807) is 34.2 Å². The number of aryl methyl sites for hydroxylation is 1. The van der Waals surface area contributed by atoms with Crippen LogP contribution in [-0.4, -0.2) is 44.6 Å². The largest absolute Gasteiger partial charge is 0.396 e. The molecule has 0 saturated heterocycles. The summed E-state index contributed by atoms with van der Waals surface area (Å²) in [7, 11) is 1.78. The number of aliphatic hydroxyl groups is 1. The van der Waals surface area contributed by atoms with E-state index in [1.165, 1.54) is 0 Å². The first kappa shape index (κ1) is 14.7. The van der Waals surface area contributed by atoms with Gasteiger partial charge in [0.15, 0.2) is 0 Å². The van der Waals surface area contributed by atoms with E-state index in [2.05, 4.69) is 10.3 Å². The summed E-state index contributed by atoms with van der Waals surface area (Å²) in [6.45, 7) is 0.936. The summed E-state index contributed by atoms with van der Waals surface area (Å²) in [6, 6.07) is 3.99. The molecule has 0 spiro atoms. The van der Waals surface area contributed by atoms with Gasteiger partial charge in [0.2, 0.25) is 5.91 Å². The van der Waals surface area contributed by atoms with Gasteiger partial charge in [0.05, 0.1) is 12.2 Å². The van der Waals surface area contributed by atoms with Crippen molar-refractivity contribution in [3.63, 3.8) is 0 Å². The summed E-state index contributed by atoms with van der Waals surface area (Å²) in [4.78, 5) is 14.9. The SMILES string of the molecule is CN(Cc1cccs1)C(=O)Cn1cc(CCCO)nn1. The minimum absolute atomic E-state index is 0.00277. The summed E-state index contributed by atoms with van der Waals surface area (Å²) in [6.07, 6.45) is 3.09. The molecule has 0 unspecified atom stereocenters. The maximum atomic E-state index is 12.1. The lowest BCUT2D eigenvalue weighted by Crippen LogP contribution is -2.29. The summed E-state index contributed by atoms with van der Waals surface area (Å²) in [5, 5.41) is 18.7. The Kier molecular flexibility index (Phi) is 5.25. The van der Waals surface area contributed by atoms with Crippen molar-refractivity contribution in [2.75, 3.05) is 13.7 Å². The number of nitrogens with zero attached hydrogens (tertiary/aromatic N) is 4. The Morgan fingerprint density at radius 3 is 3.10 bits per heavy atom. The van der Waals surface area contributed by atoms with Gasteiger partial charge in [-0.2, -0.15) is 0 Å². The van der Waals surface area contributed by atoms with Gasteiger partial charge in [0, 0.05) is 24.7 Å². The fourth-order valence-corrected chi connectivity index (χ4v) is 2.53. The predicted octanol–water partition coefficient (Wildman–Crippen LogP) is 0.923. The number of aliphatic hydroxyl groups excluding tert-OH is 1. The third-order valence-corrected chi connectivity index (χ3v) is 3.73. The van der Waals surface area contributed by atoms with Gasteiger partial charge in [-0.1, -0.05) is 11.3 Å². The highest BCUT2D eigenvalue weighted by Gasteiger charge is 2.12. The van der Waals surface area contributed by atoms with Crippen molar-refractivity contribution in [3.05, 3.63) is 34.3 Å². The standard InChI is InChI=1S/C13H18N4O2S/c1-16(9-12-5-3-7-20-12)13(19)10-17-8-11(14-15-17)4-2-6-18/h3,5,7-8,18H,2,4,6,9-10H2,1H3. The highest BCUT2D eigenvalue weighted by Crippen LogP contribution is 2.11. The molecule has 0 aromatic carbocycles. The van der Waals surface area contributed by atoms with E-state index in [0.29, 0.717) is 19.4 Å². The van der Waals surface area contributed by atoms with E-state index in [1.807, 2.05) is 17.5 Å². The van der Waals surface area contributed by atoms with E-state index in [4.69, 9.17) is 5.11 Å². The maximum absolute atomic E-state index is 12.1. The number of thiophene rings is 1. The van der Waals surface area contributed by atoms with E-state index >= 15 is 0 Å². The summed E-state index contributed by atoms with van der Waals surface area (Å²) >= 11 is 1.64. The van der Waals surface area contributed by atoms with Crippen molar-refractivity contribution in [2.24, 2.45) is 0 Å². The minimum Gasteiger partial charge on any atom is -0.396 e. The van der Waals surface area contributed by atoms with Crippen LogP contribution in [0.4, 0.5) is 0 Å². The Morgan fingerprint density at radius 2 is 2.40 bits per heavy atom. The van der Waals surface area contributed by atoms with Crippen molar-refractivity contribution in [1.29, 1.82) is 0 Å². The summed E-state index contributed by atoms with van der Waals surface area (Å²) in [5.41, 5.74) is 0.799. The van der Waals surface area contributed by atoms with Crippen molar-refractivity contribution in [3.8, 4) is 0 Å². The normalized spacial score (nSPS) is 10.7. The Balaban J connectivity index is 1.85. The number of carbonyl (C=O) groups excluding carboxylic acids is 1. The molecule has 0 aliphatic carbocycles. The molecular formula is C13H18N4O2S. The Morgan fingerprint density at radius 1 is 1.55 bits per heavy atom. The van der Waals surface area contributed by atoms with Gasteiger partial charge < -0.3 is 10.0 Å². The second-order valence-corrected chi connectivity index (χ2v) is 5.60. The van der Waals surface area contributed by atoms with Gasteiger partial charge >= 0.3 is 0 Å². The van der Waals surface area contributed by atoms with Gasteiger partial charge in [0.1, 0.15) is 6.54 Å². The van der Waals surface area contributed by atoms with Crippen molar-refractivity contribution >= 4 is 17.2 Å². The number of amides is 1. The zero-order valence-electron chi connectivity index (χ0n) is 11.4. The molecule has 0 atom stereocenters. The van der Waals surface area contributed by atoms with Crippen molar-refractivity contribution in [1.82, 2.24) is 19.9 Å². The van der Waals surface area contributed by atoms with E-state index in [-0.39, 0.29) is 19.1 Å².